The highest BCUT2D eigenvalue weighted by Crippen LogP contribution is 2.24. The minimum absolute atomic E-state index is 0.165. The summed E-state index contributed by atoms with van der Waals surface area (Å²) in [5.41, 5.74) is 1.04. The van der Waals surface area contributed by atoms with E-state index in [1.807, 2.05) is 48.9 Å². The number of aromatic nitrogens is 1. The zero-order chi connectivity index (χ0) is 13.1. The number of carbonyl (C=O) groups excluding carboxylic acids is 1. The average Bonchev–Trinajstić information content (AvgIpc) is 2.74. The maximum Gasteiger partial charge on any atom is 0.310 e. The van der Waals surface area contributed by atoms with Crippen LogP contribution in [0.1, 0.15) is 13.8 Å². The van der Waals surface area contributed by atoms with Crippen LogP contribution in [-0.4, -0.2) is 17.1 Å². The molecule has 3 nitrogen and oxygen atoms in total. The molecule has 1 unspecified atom stereocenters. The van der Waals surface area contributed by atoms with E-state index in [2.05, 4.69) is 0 Å². The third kappa shape index (κ3) is 2.51. The van der Waals surface area contributed by atoms with Gasteiger partial charge >= 0.3 is 5.97 Å². The lowest BCUT2D eigenvalue weighted by Gasteiger charge is -2.12. The van der Waals surface area contributed by atoms with Gasteiger partial charge in [-0.15, -0.1) is 0 Å². The fraction of sp³-hybridized carbons (Fsp3) is 0.357. The quantitative estimate of drug-likeness (QED) is 0.793. The zero-order valence-corrected chi connectivity index (χ0v) is 11.3. The van der Waals surface area contributed by atoms with Crippen molar-refractivity contribution in [3.05, 3.63) is 35.5 Å². The molecule has 0 radical (unpaired) electrons. The summed E-state index contributed by atoms with van der Waals surface area (Å²) in [6.07, 6.45) is 1.95. The number of hydrogen-bond donors (Lipinski definition) is 0. The van der Waals surface area contributed by atoms with Crippen molar-refractivity contribution < 1.29 is 9.53 Å². The maximum atomic E-state index is 11.6. The van der Waals surface area contributed by atoms with Crippen molar-refractivity contribution in [1.29, 1.82) is 0 Å². The zero-order valence-electron chi connectivity index (χ0n) is 10.5. The molecule has 1 aromatic carbocycles. The van der Waals surface area contributed by atoms with Crippen LogP contribution in [0.15, 0.2) is 30.5 Å². The molecule has 18 heavy (non-hydrogen) atoms. The lowest BCUT2D eigenvalue weighted by atomic mass is 10.2. The molecule has 0 aliphatic rings. The second kappa shape index (κ2) is 5.44. The molecule has 96 valence electrons. The number of rotatable bonds is 4. The van der Waals surface area contributed by atoms with E-state index < -0.39 is 0 Å². The molecule has 2 rings (SSSR count). The van der Waals surface area contributed by atoms with Gasteiger partial charge in [-0.25, -0.2) is 0 Å². The molecule has 1 aromatic heterocycles. The van der Waals surface area contributed by atoms with E-state index in [0.29, 0.717) is 13.2 Å². The first kappa shape index (κ1) is 13.0. The summed E-state index contributed by atoms with van der Waals surface area (Å²) in [4.78, 5) is 11.6. The molecule has 0 saturated carbocycles. The largest absolute Gasteiger partial charge is 0.466 e. The molecule has 0 saturated heterocycles. The predicted octanol–water partition coefficient (Wildman–Crippen LogP) is 3.49. The van der Waals surface area contributed by atoms with E-state index in [0.717, 1.165) is 15.9 Å². The van der Waals surface area contributed by atoms with Crippen molar-refractivity contribution in [3.63, 3.8) is 0 Å². The van der Waals surface area contributed by atoms with Crippen LogP contribution < -0.4 is 0 Å². The Balaban J connectivity index is 2.22. The Kier molecular flexibility index (Phi) is 3.92. The van der Waals surface area contributed by atoms with E-state index in [-0.39, 0.29) is 11.9 Å². The first-order valence-corrected chi connectivity index (χ1v) is 6.41. The molecule has 0 bridgehead atoms. The van der Waals surface area contributed by atoms with Crippen LogP contribution in [0.25, 0.3) is 10.9 Å². The molecule has 0 aliphatic heterocycles. The second-order valence-corrected chi connectivity index (χ2v) is 4.70. The van der Waals surface area contributed by atoms with Crippen molar-refractivity contribution in [2.75, 3.05) is 6.61 Å². The van der Waals surface area contributed by atoms with Crippen molar-refractivity contribution in [2.24, 2.45) is 5.92 Å². The summed E-state index contributed by atoms with van der Waals surface area (Å²) in [6.45, 7) is 4.70. The minimum Gasteiger partial charge on any atom is -0.466 e. The summed E-state index contributed by atoms with van der Waals surface area (Å²) >= 11 is 6.11. The normalized spacial score (nSPS) is 12.6. The van der Waals surface area contributed by atoms with E-state index in [4.69, 9.17) is 16.3 Å². The van der Waals surface area contributed by atoms with E-state index >= 15 is 0 Å². The molecule has 4 heteroatoms. The molecule has 0 N–H and O–H groups in total. The number of halogens is 1. The van der Waals surface area contributed by atoms with Gasteiger partial charge in [0.2, 0.25) is 0 Å². The molecule has 0 amide bonds. The fourth-order valence-corrected chi connectivity index (χ4v) is 2.23. The number of carbonyl (C=O) groups is 1. The minimum atomic E-state index is -0.167. The van der Waals surface area contributed by atoms with Gasteiger partial charge in [-0.3, -0.25) is 4.79 Å². The smallest absolute Gasteiger partial charge is 0.310 e. The summed E-state index contributed by atoms with van der Waals surface area (Å²) < 4.78 is 7.04. The second-order valence-electron chi connectivity index (χ2n) is 4.29. The van der Waals surface area contributed by atoms with Crippen LogP contribution in [-0.2, 0) is 16.1 Å². The van der Waals surface area contributed by atoms with Gasteiger partial charge in [0.25, 0.3) is 0 Å². The van der Waals surface area contributed by atoms with Gasteiger partial charge in [-0.1, -0.05) is 24.6 Å². The van der Waals surface area contributed by atoms with Gasteiger partial charge < -0.3 is 9.30 Å². The van der Waals surface area contributed by atoms with Crippen molar-refractivity contribution in [1.82, 2.24) is 4.57 Å². The van der Waals surface area contributed by atoms with Crippen LogP contribution >= 0.6 is 11.6 Å². The number of hydrogen-bond acceptors (Lipinski definition) is 2. The lowest BCUT2D eigenvalue weighted by molar-refractivity contribution is -0.147. The van der Waals surface area contributed by atoms with Gasteiger partial charge in [0.1, 0.15) is 0 Å². The highest BCUT2D eigenvalue weighted by molar-refractivity contribution is 6.35. The van der Waals surface area contributed by atoms with E-state index in [1.165, 1.54) is 0 Å². The Hall–Kier alpha value is -1.48. The molecular weight excluding hydrogens is 250 g/mol. The number of esters is 1. The van der Waals surface area contributed by atoms with Crippen LogP contribution in [0, 0.1) is 5.92 Å². The van der Waals surface area contributed by atoms with Crippen LogP contribution in [0.3, 0.4) is 0 Å². The topological polar surface area (TPSA) is 31.2 Å². The summed E-state index contributed by atoms with van der Waals surface area (Å²) in [5, 5.41) is 1.74. The number of nitrogens with zero attached hydrogens (tertiary/aromatic N) is 1. The Bertz CT molecular complexity index is 562. The molecule has 1 heterocycles. The first-order valence-electron chi connectivity index (χ1n) is 6.03. The molecule has 0 fully saturated rings. The monoisotopic (exact) mass is 265 g/mol. The van der Waals surface area contributed by atoms with Gasteiger partial charge in [-0.2, -0.15) is 0 Å². The highest BCUT2D eigenvalue weighted by atomic mass is 35.5. The van der Waals surface area contributed by atoms with Crippen LogP contribution in [0.2, 0.25) is 5.02 Å². The lowest BCUT2D eigenvalue weighted by Crippen LogP contribution is -2.19. The standard InChI is InChI=1S/C14H16ClNO2/c1-3-18-14(17)10(2)9-16-8-7-11-12(15)5-4-6-13(11)16/h4-8,10H,3,9H2,1-2H3. The third-order valence-electron chi connectivity index (χ3n) is 2.92. The summed E-state index contributed by atoms with van der Waals surface area (Å²) in [5.74, 6) is -0.332. The third-order valence-corrected chi connectivity index (χ3v) is 3.25. The van der Waals surface area contributed by atoms with Gasteiger partial charge in [0.05, 0.1) is 12.5 Å². The van der Waals surface area contributed by atoms with Gasteiger partial charge in [-0.05, 0) is 25.1 Å². The molecular formula is C14H16ClNO2. The average molecular weight is 266 g/mol. The molecule has 2 aromatic rings. The maximum absolute atomic E-state index is 11.6. The Morgan fingerprint density at radius 3 is 2.94 bits per heavy atom. The van der Waals surface area contributed by atoms with Crippen molar-refractivity contribution in [2.45, 2.75) is 20.4 Å². The van der Waals surface area contributed by atoms with Crippen LogP contribution in [0.4, 0.5) is 0 Å². The Morgan fingerprint density at radius 2 is 2.22 bits per heavy atom. The Morgan fingerprint density at radius 1 is 1.44 bits per heavy atom. The van der Waals surface area contributed by atoms with E-state index in [1.54, 1.807) is 0 Å². The first-order chi connectivity index (χ1) is 8.63. The van der Waals surface area contributed by atoms with Gasteiger partial charge in [0, 0.05) is 28.7 Å². The molecule has 0 spiro atoms. The van der Waals surface area contributed by atoms with Crippen molar-refractivity contribution in [3.8, 4) is 0 Å². The SMILES string of the molecule is CCOC(=O)C(C)Cn1ccc2c(Cl)cccc21. The number of ether oxygens (including phenoxy) is 1. The summed E-state index contributed by atoms with van der Waals surface area (Å²) in [7, 11) is 0. The number of fused-ring (bicyclic) bond motifs is 1. The van der Waals surface area contributed by atoms with Crippen LogP contribution in [0.5, 0.6) is 0 Å². The van der Waals surface area contributed by atoms with Crippen molar-refractivity contribution >= 4 is 28.5 Å². The fourth-order valence-electron chi connectivity index (χ4n) is 2.00. The number of benzene rings is 1. The Labute approximate surface area is 111 Å². The molecule has 1 atom stereocenters. The van der Waals surface area contributed by atoms with Gasteiger partial charge in [0.15, 0.2) is 0 Å². The predicted molar refractivity (Wildman–Crippen MR) is 72.7 cm³/mol. The highest BCUT2D eigenvalue weighted by Gasteiger charge is 2.15. The van der Waals surface area contributed by atoms with E-state index in [9.17, 15) is 4.79 Å². The summed E-state index contributed by atoms with van der Waals surface area (Å²) in [6, 6.07) is 7.74. The molecule has 0 aliphatic carbocycles.